The third-order valence-electron chi connectivity index (χ3n) is 4.47. The Morgan fingerprint density at radius 2 is 1.79 bits per heavy atom. The minimum atomic E-state index is -0.533. The zero-order valence-electron chi connectivity index (χ0n) is 15.1. The van der Waals surface area contributed by atoms with Crippen molar-refractivity contribution >= 4 is 23.4 Å². The largest absolute Gasteiger partial charge is 0.323 e. The first-order valence-corrected chi connectivity index (χ1v) is 9.84. The maximum atomic E-state index is 14.2. The molecule has 2 aromatic carbocycles. The smallest absolute Gasteiger partial charge is 0.237 e. The van der Waals surface area contributed by atoms with E-state index in [1.165, 1.54) is 30.0 Å². The summed E-state index contributed by atoms with van der Waals surface area (Å²) in [5.41, 5.74) is 0.521. The monoisotopic (exact) mass is 400 g/mol. The Morgan fingerprint density at radius 1 is 1.11 bits per heavy atom. The van der Waals surface area contributed by atoms with E-state index in [4.69, 9.17) is 0 Å². The summed E-state index contributed by atoms with van der Waals surface area (Å²) < 4.78 is 29.9. The highest BCUT2D eigenvalue weighted by atomic mass is 32.2. The van der Waals surface area contributed by atoms with Crippen molar-refractivity contribution < 1.29 is 13.6 Å². The van der Waals surface area contributed by atoms with Gasteiger partial charge in [0.15, 0.2) is 11.0 Å². The zero-order chi connectivity index (χ0) is 19.7. The van der Waals surface area contributed by atoms with E-state index in [0.29, 0.717) is 16.5 Å². The van der Waals surface area contributed by atoms with E-state index in [0.717, 1.165) is 12.8 Å². The van der Waals surface area contributed by atoms with Gasteiger partial charge in [0.25, 0.3) is 0 Å². The van der Waals surface area contributed by atoms with Crippen molar-refractivity contribution in [3.63, 3.8) is 0 Å². The summed E-state index contributed by atoms with van der Waals surface area (Å²) in [7, 11) is 0. The number of hydrogen-bond donors (Lipinski definition) is 1. The molecule has 1 N–H and O–H groups in total. The number of halogens is 2. The molecule has 1 heterocycles. The van der Waals surface area contributed by atoms with Crippen molar-refractivity contribution in [1.29, 1.82) is 0 Å². The highest BCUT2D eigenvalue weighted by Crippen LogP contribution is 2.42. The van der Waals surface area contributed by atoms with Crippen LogP contribution in [0.5, 0.6) is 0 Å². The van der Waals surface area contributed by atoms with E-state index in [1.807, 2.05) is 4.57 Å². The van der Waals surface area contributed by atoms with Gasteiger partial charge < -0.3 is 5.32 Å². The minimum absolute atomic E-state index is 0.135. The second-order valence-corrected chi connectivity index (χ2v) is 7.92. The van der Waals surface area contributed by atoms with Gasteiger partial charge in [-0.25, -0.2) is 8.78 Å². The molecule has 0 bridgehead atoms. The van der Waals surface area contributed by atoms with Gasteiger partial charge in [-0.05, 0) is 44.0 Å². The molecule has 144 valence electrons. The third-order valence-corrected chi connectivity index (χ3v) is 5.53. The number of carbonyl (C=O) groups excluding carboxylic acids is 1. The molecule has 1 amide bonds. The van der Waals surface area contributed by atoms with Gasteiger partial charge in [0, 0.05) is 6.04 Å². The number of para-hydroxylation sites is 1. The third kappa shape index (κ3) is 3.77. The van der Waals surface area contributed by atoms with Crippen molar-refractivity contribution in [3.8, 4) is 11.4 Å². The average molecular weight is 400 g/mol. The summed E-state index contributed by atoms with van der Waals surface area (Å²) in [4.78, 5) is 12.5. The van der Waals surface area contributed by atoms with Crippen LogP contribution in [0.2, 0.25) is 0 Å². The van der Waals surface area contributed by atoms with Crippen LogP contribution in [-0.2, 0) is 4.79 Å². The predicted octanol–water partition coefficient (Wildman–Crippen LogP) is 4.68. The van der Waals surface area contributed by atoms with E-state index in [9.17, 15) is 13.6 Å². The number of nitrogens with zero attached hydrogens (tertiary/aromatic N) is 3. The molecule has 1 aliphatic rings. The number of benzene rings is 2. The minimum Gasteiger partial charge on any atom is -0.323 e. The van der Waals surface area contributed by atoms with Gasteiger partial charge in [-0.2, -0.15) is 0 Å². The maximum Gasteiger partial charge on any atom is 0.237 e. The lowest BCUT2D eigenvalue weighted by Crippen LogP contribution is -2.23. The van der Waals surface area contributed by atoms with Gasteiger partial charge in [0.1, 0.15) is 11.6 Å². The molecular formula is C20H18F2N4OS. The number of aromatic nitrogens is 3. The van der Waals surface area contributed by atoms with Crippen LogP contribution in [0, 0.1) is 11.6 Å². The van der Waals surface area contributed by atoms with Crippen molar-refractivity contribution in [3.05, 3.63) is 60.2 Å². The SMILES string of the molecule is C[C@@H](Sc1nnc(-c2ccccc2F)n1C1CC1)C(=O)Nc1ccccc1F. The van der Waals surface area contributed by atoms with E-state index < -0.39 is 11.1 Å². The molecular weight excluding hydrogens is 382 g/mol. The van der Waals surface area contributed by atoms with Gasteiger partial charge in [0.2, 0.25) is 5.91 Å². The van der Waals surface area contributed by atoms with E-state index in [2.05, 4.69) is 15.5 Å². The van der Waals surface area contributed by atoms with E-state index in [1.54, 1.807) is 37.3 Å². The normalized spacial score (nSPS) is 14.7. The fraction of sp³-hybridized carbons (Fsp3) is 0.250. The van der Waals surface area contributed by atoms with Gasteiger partial charge in [0.05, 0.1) is 16.5 Å². The van der Waals surface area contributed by atoms with Crippen LogP contribution in [0.3, 0.4) is 0 Å². The quantitative estimate of drug-likeness (QED) is 0.611. The summed E-state index contributed by atoms with van der Waals surface area (Å²) in [5, 5.41) is 11.0. The Hall–Kier alpha value is -2.74. The molecule has 1 saturated carbocycles. The first kappa shape index (κ1) is 18.6. The highest BCUT2D eigenvalue weighted by molar-refractivity contribution is 8.00. The Labute approximate surface area is 165 Å². The fourth-order valence-electron chi connectivity index (χ4n) is 2.85. The number of carbonyl (C=O) groups is 1. The predicted molar refractivity (Wildman–Crippen MR) is 104 cm³/mol. The van der Waals surface area contributed by atoms with Crippen LogP contribution in [0.25, 0.3) is 11.4 Å². The number of rotatable bonds is 6. The number of hydrogen-bond acceptors (Lipinski definition) is 4. The number of nitrogens with one attached hydrogen (secondary N) is 1. The Balaban J connectivity index is 1.56. The Morgan fingerprint density at radius 3 is 2.46 bits per heavy atom. The van der Waals surface area contributed by atoms with Crippen LogP contribution < -0.4 is 5.32 Å². The van der Waals surface area contributed by atoms with Crippen molar-refractivity contribution in [2.45, 2.75) is 36.2 Å². The molecule has 0 radical (unpaired) electrons. The molecule has 1 atom stereocenters. The summed E-state index contributed by atoms with van der Waals surface area (Å²) >= 11 is 1.23. The Bertz CT molecular complexity index is 1020. The van der Waals surface area contributed by atoms with Crippen molar-refractivity contribution in [1.82, 2.24) is 14.8 Å². The number of amides is 1. The van der Waals surface area contributed by atoms with Crippen molar-refractivity contribution in [2.75, 3.05) is 5.32 Å². The second kappa shape index (κ2) is 7.71. The van der Waals surface area contributed by atoms with Gasteiger partial charge >= 0.3 is 0 Å². The molecule has 1 aromatic heterocycles. The topological polar surface area (TPSA) is 59.8 Å². The second-order valence-electron chi connectivity index (χ2n) is 6.62. The molecule has 0 spiro atoms. The summed E-state index contributed by atoms with van der Waals surface area (Å²) in [6.07, 6.45) is 1.92. The lowest BCUT2D eigenvalue weighted by atomic mass is 10.2. The van der Waals surface area contributed by atoms with E-state index >= 15 is 0 Å². The standard InChI is InChI=1S/C20H18F2N4OS/c1-12(19(27)23-17-9-5-4-8-16(17)22)28-20-25-24-18(26(20)13-10-11-13)14-6-2-3-7-15(14)21/h2-9,12-13H,10-11H2,1H3,(H,23,27)/t12-/m1/s1. The van der Waals surface area contributed by atoms with Crippen LogP contribution in [-0.4, -0.2) is 25.9 Å². The molecule has 5 nitrogen and oxygen atoms in total. The molecule has 3 aromatic rings. The Kier molecular flexibility index (Phi) is 5.13. The lowest BCUT2D eigenvalue weighted by molar-refractivity contribution is -0.115. The van der Waals surface area contributed by atoms with Crippen LogP contribution in [0.1, 0.15) is 25.8 Å². The maximum absolute atomic E-state index is 14.2. The van der Waals surface area contributed by atoms with Gasteiger partial charge in [-0.3, -0.25) is 9.36 Å². The number of anilines is 1. The summed E-state index contributed by atoms with van der Waals surface area (Å²) in [5.74, 6) is -0.729. The molecule has 1 fully saturated rings. The summed E-state index contributed by atoms with van der Waals surface area (Å²) in [6, 6.07) is 12.6. The van der Waals surface area contributed by atoms with Gasteiger partial charge in [-0.1, -0.05) is 36.0 Å². The first-order valence-electron chi connectivity index (χ1n) is 8.96. The van der Waals surface area contributed by atoms with Crippen molar-refractivity contribution in [2.24, 2.45) is 0 Å². The van der Waals surface area contributed by atoms with E-state index in [-0.39, 0.29) is 23.5 Å². The fourth-order valence-corrected chi connectivity index (χ4v) is 3.77. The lowest BCUT2D eigenvalue weighted by Gasteiger charge is -2.14. The molecule has 1 aliphatic carbocycles. The molecule has 0 unspecified atom stereocenters. The molecule has 0 saturated heterocycles. The molecule has 4 rings (SSSR count). The first-order chi connectivity index (χ1) is 13.5. The zero-order valence-corrected chi connectivity index (χ0v) is 15.9. The highest BCUT2D eigenvalue weighted by Gasteiger charge is 2.32. The van der Waals surface area contributed by atoms with Crippen LogP contribution >= 0.6 is 11.8 Å². The number of thioether (sulfide) groups is 1. The molecule has 0 aliphatic heterocycles. The van der Waals surface area contributed by atoms with Gasteiger partial charge in [-0.15, -0.1) is 10.2 Å². The van der Waals surface area contributed by atoms with Crippen LogP contribution in [0.15, 0.2) is 53.7 Å². The summed E-state index contributed by atoms with van der Waals surface area (Å²) in [6.45, 7) is 1.72. The molecule has 8 heteroatoms. The molecule has 28 heavy (non-hydrogen) atoms. The average Bonchev–Trinajstić information content (AvgIpc) is 3.44. The van der Waals surface area contributed by atoms with Crippen LogP contribution in [0.4, 0.5) is 14.5 Å².